The molecule has 0 aliphatic rings. The summed E-state index contributed by atoms with van der Waals surface area (Å²) in [7, 11) is 0. The van der Waals surface area contributed by atoms with E-state index < -0.39 is 0 Å². The highest BCUT2D eigenvalue weighted by molar-refractivity contribution is 6.28. The van der Waals surface area contributed by atoms with Gasteiger partial charge in [0, 0.05) is 50.1 Å². The summed E-state index contributed by atoms with van der Waals surface area (Å²) in [5.74, 6) is 3.37. The van der Waals surface area contributed by atoms with Crippen LogP contribution in [-0.2, 0) is 0 Å². The Hall–Kier alpha value is -19.2. The lowest BCUT2D eigenvalue weighted by atomic mass is 9.91. The van der Waals surface area contributed by atoms with Gasteiger partial charge in [-0.05, 0) is 206 Å². The van der Waals surface area contributed by atoms with Crippen LogP contribution in [0.4, 0.5) is 0 Å². The number of hydrogen-bond acceptors (Lipinski definition) is 7. The molecule has 7 nitrogen and oxygen atoms in total. The van der Waals surface area contributed by atoms with Crippen molar-refractivity contribution in [3.63, 3.8) is 0 Å². The molecule has 672 valence electrons. The molecule has 0 aliphatic carbocycles. The van der Waals surface area contributed by atoms with Gasteiger partial charge in [0.25, 0.3) is 0 Å². The molecule has 27 aromatic rings. The monoisotopic (exact) mass is 1830 g/mol. The Morgan fingerprint density at radius 2 is 0.278 bits per heavy atom. The Balaban J connectivity index is 0.000000113. The third kappa shape index (κ3) is 16.8. The molecule has 0 atom stereocenters. The summed E-state index contributed by atoms with van der Waals surface area (Å²) in [4.78, 5) is 35.4. The van der Waals surface area contributed by atoms with Gasteiger partial charge in [-0.25, -0.2) is 34.9 Å². The molecule has 7 heteroatoms. The first-order valence-electron chi connectivity index (χ1n) is 48.9. The average Bonchev–Trinajstić information content (AvgIpc) is 0.753. The second kappa shape index (κ2) is 38.3. The van der Waals surface area contributed by atoms with Crippen LogP contribution in [0.5, 0.6) is 0 Å². The zero-order chi connectivity index (χ0) is 95.6. The lowest BCUT2D eigenvalue weighted by Gasteiger charge is -2.14. The largest absolute Gasteiger partial charge is 0.228 e. The van der Waals surface area contributed by atoms with Gasteiger partial charge in [0.1, 0.15) is 0 Å². The van der Waals surface area contributed by atoms with Crippen molar-refractivity contribution < 1.29 is 0 Å². The fraction of sp³-hybridized carbons (Fsp3) is 0. The van der Waals surface area contributed by atoms with E-state index >= 15 is 0 Å². The molecule has 0 unspecified atom stereocenters. The molecule has 0 amide bonds. The summed E-state index contributed by atoms with van der Waals surface area (Å²) < 4.78 is 0. The lowest BCUT2D eigenvalue weighted by molar-refractivity contribution is 1.07. The molecule has 0 saturated heterocycles. The maximum atomic E-state index is 5.14. The summed E-state index contributed by atoms with van der Waals surface area (Å²) in [5, 5.41) is 23.1. The smallest absolute Gasteiger partial charge is 0.164 e. The Morgan fingerprint density at radius 3 is 0.611 bits per heavy atom. The van der Waals surface area contributed by atoms with Crippen LogP contribution in [0, 0.1) is 0 Å². The molecule has 0 N–H and O–H groups in total. The van der Waals surface area contributed by atoms with Crippen molar-refractivity contribution in [2.45, 2.75) is 0 Å². The molecule has 0 aliphatic heterocycles. The van der Waals surface area contributed by atoms with Crippen molar-refractivity contribution >= 4 is 97.0 Å². The van der Waals surface area contributed by atoms with E-state index in [0.717, 1.165) is 112 Å². The van der Waals surface area contributed by atoms with Gasteiger partial charge in [0.2, 0.25) is 0 Å². The Morgan fingerprint density at radius 1 is 0.0833 bits per heavy atom. The molecule has 0 radical (unpaired) electrons. The molecule has 3 aromatic heterocycles. The van der Waals surface area contributed by atoms with Crippen LogP contribution in [0.3, 0.4) is 0 Å². The first-order chi connectivity index (χ1) is 71.4. The second-order valence-corrected chi connectivity index (χ2v) is 36.4. The number of benzene rings is 24. The van der Waals surface area contributed by atoms with Crippen molar-refractivity contribution in [1.82, 2.24) is 34.9 Å². The predicted molar refractivity (Wildman–Crippen MR) is 603 cm³/mol. The molecule has 24 aromatic carbocycles. The van der Waals surface area contributed by atoms with Crippen molar-refractivity contribution in [3.8, 4) is 169 Å². The molecule has 144 heavy (non-hydrogen) atoms. The van der Waals surface area contributed by atoms with Crippen LogP contribution in [0.1, 0.15) is 0 Å². The van der Waals surface area contributed by atoms with Gasteiger partial charge < -0.3 is 0 Å². The quantitative estimate of drug-likeness (QED) is 0.0945. The van der Waals surface area contributed by atoms with Gasteiger partial charge in [0.05, 0.1) is 22.8 Å². The standard InChI is InChI=1S/2C46H30N2.C45H29N3/c1-3-14-31(15-4-1)44-30-45(32-16-5-2-6-17-32)48-46(47-44)42-25-12-7-20-36(42)35-19-13-18-33(28-35)34-26-27-41-39-23-9-8-21-37(39)38-22-10-11-24-40(38)43(41)29-34;1-3-13-33(14-4-1)44-30-45(48-46(47-44)34-15-5-2-6-16-34)42-22-12-7-17-36(42)32-25-23-31(24-26-32)35-27-28-41-39-20-9-8-18-37(39)38-19-10-11-21-40(38)43(41)29-35;1-3-14-30(15-4-1)43-46-44(31-16-5-2-6-17-31)48-45(47-43)41-25-12-7-20-35(41)34-19-13-18-32(28-34)33-26-27-40-38-23-9-8-21-36(38)37-22-10-11-24-39(37)42(40)29-33/h2*1-30H;1-29H. The van der Waals surface area contributed by atoms with Crippen LogP contribution in [0.2, 0.25) is 0 Å². The zero-order valence-electron chi connectivity index (χ0n) is 78.5. The summed E-state index contributed by atoms with van der Waals surface area (Å²) in [6, 6.07) is 191. The van der Waals surface area contributed by atoms with Crippen molar-refractivity contribution in [2.24, 2.45) is 0 Å². The lowest BCUT2D eigenvalue weighted by Crippen LogP contribution is -2.01. The van der Waals surface area contributed by atoms with Crippen molar-refractivity contribution in [2.75, 3.05) is 0 Å². The van der Waals surface area contributed by atoms with Crippen LogP contribution >= 0.6 is 0 Å². The molecular weight excluding hydrogens is 1740 g/mol. The van der Waals surface area contributed by atoms with Gasteiger partial charge in [-0.1, -0.05) is 497 Å². The summed E-state index contributed by atoms with van der Waals surface area (Å²) in [6.07, 6.45) is 0. The third-order valence-electron chi connectivity index (χ3n) is 27.7. The van der Waals surface area contributed by atoms with E-state index in [0.29, 0.717) is 29.1 Å². The third-order valence-corrected chi connectivity index (χ3v) is 27.7. The van der Waals surface area contributed by atoms with Gasteiger partial charge in [-0.15, -0.1) is 0 Å². The minimum Gasteiger partial charge on any atom is -0.228 e. The highest BCUT2D eigenvalue weighted by Gasteiger charge is 2.23. The molecule has 0 saturated carbocycles. The zero-order valence-corrected chi connectivity index (χ0v) is 78.5. The molecule has 0 bridgehead atoms. The molecular formula is C137H89N7. The first kappa shape index (κ1) is 86.4. The van der Waals surface area contributed by atoms with Crippen molar-refractivity contribution in [3.05, 3.63) is 540 Å². The summed E-state index contributed by atoms with van der Waals surface area (Å²) in [6.45, 7) is 0. The van der Waals surface area contributed by atoms with E-state index in [-0.39, 0.29) is 0 Å². The van der Waals surface area contributed by atoms with Gasteiger partial charge in [-0.3, -0.25) is 0 Å². The molecule has 3 heterocycles. The van der Waals surface area contributed by atoms with Crippen LogP contribution in [-0.4, -0.2) is 34.9 Å². The van der Waals surface area contributed by atoms with Gasteiger partial charge in [-0.2, -0.15) is 0 Å². The van der Waals surface area contributed by atoms with E-state index in [2.05, 4.69) is 443 Å². The van der Waals surface area contributed by atoms with Crippen LogP contribution < -0.4 is 0 Å². The fourth-order valence-corrected chi connectivity index (χ4v) is 20.7. The van der Waals surface area contributed by atoms with Crippen LogP contribution in [0.25, 0.3) is 266 Å². The Labute approximate surface area is 834 Å². The number of aromatic nitrogens is 7. The Bertz CT molecular complexity index is 8910. The van der Waals surface area contributed by atoms with E-state index in [4.69, 9.17) is 34.9 Å². The number of rotatable bonds is 15. The average molecular weight is 1830 g/mol. The molecule has 0 fully saturated rings. The molecule has 0 spiro atoms. The Kier molecular flexibility index (Phi) is 23.0. The minimum atomic E-state index is 0.646. The first-order valence-corrected chi connectivity index (χ1v) is 48.9. The topological polar surface area (TPSA) is 90.2 Å². The van der Waals surface area contributed by atoms with E-state index in [9.17, 15) is 0 Å². The minimum absolute atomic E-state index is 0.646. The summed E-state index contributed by atoms with van der Waals surface area (Å²) in [5.41, 5.74) is 26.5. The van der Waals surface area contributed by atoms with Gasteiger partial charge >= 0.3 is 0 Å². The SMILES string of the molecule is c1ccc(-c2cc(-c3ccccc3)nc(-c3ccccc3-c3cccc(-c4ccc5c6ccccc6c6ccccc6c5c4)c3)n2)cc1.c1ccc(-c2cc(-c3ccccc3-c3ccc(-c4ccc5c6ccccc6c6ccccc6c5c4)cc3)nc(-c3ccccc3)n2)cc1.c1ccc(-c2nc(-c3ccccc3)nc(-c3ccccc3-c3cccc(-c4ccc5c6ccccc6c6ccccc6c5c4)c3)n2)cc1. The van der Waals surface area contributed by atoms with Crippen LogP contribution in [0.15, 0.2) is 540 Å². The van der Waals surface area contributed by atoms with Crippen molar-refractivity contribution in [1.29, 1.82) is 0 Å². The number of nitrogens with zero attached hydrogens (tertiary/aromatic N) is 7. The van der Waals surface area contributed by atoms with E-state index in [1.807, 2.05) is 97.1 Å². The highest BCUT2D eigenvalue weighted by Crippen LogP contribution is 2.46. The maximum absolute atomic E-state index is 5.14. The summed E-state index contributed by atoms with van der Waals surface area (Å²) >= 11 is 0. The van der Waals surface area contributed by atoms with Gasteiger partial charge in [0.15, 0.2) is 29.1 Å². The highest BCUT2D eigenvalue weighted by atomic mass is 15.0. The fourth-order valence-electron chi connectivity index (χ4n) is 20.7. The number of hydrogen-bond donors (Lipinski definition) is 0. The normalized spacial score (nSPS) is 11.3. The maximum Gasteiger partial charge on any atom is 0.164 e. The molecule has 27 rings (SSSR count). The predicted octanol–water partition coefficient (Wildman–Crippen LogP) is 36.2. The second-order valence-electron chi connectivity index (χ2n) is 36.4. The van der Waals surface area contributed by atoms with E-state index in [1.54, 1.807) is 0 Å². The number of fused-ring (bicyclic) bond motifs is 18. The van der Waals surface area contributed by atoms with E-state index in [1.165, 1.54) is 125 Å².